The Bertz CT molecular complexity index is 674. The highest BCUT2D eigenvalue weighted by Crippen LogP contribution is 2.17. The van der Waals surface area contributed by atoms with E-state index in [0.717, 1.165) is 31.6 Å². The van der Waals surface area contributed by atoms with Gasteiger partial charge in [0.25, 0.3) is 5.91 Å². The van der Waals surface area contributed by atoms with Crippen molar-refractivity contribution in [3.8, 4) is 0 Å². The van der Waals surface area contributed by atoms with E-state index in [4.69, 9.17) is 0 Å². The number of rotatable bonds is 3. The van der Waals surface area contributed by atoms with Gasteiger partial charge < -0.3 is 10.2 Å². The predicted octanol–water partition coefficient (Wildman–Crippen LogP) is 1.76. The number of nitrogens with one attached hydrogen (secondary N) is 1. The first kappa shape index (κ1) is 14.5. The highest BCUT2D eigenvalue weighted by Gasteiger charge is 2.17. The lowest BCUT2D eigenvalue weighted by molar-refractivity contribution is 0.102. The van der Waals surface area contributed by atoms with Crippen LogP contribution in [-0.2, 0) is 7.05 Å². The van der Waals surface area contributed by atoms with Crippen LogP contribution in [-0.4, -0.2) is 38.7 Å². The monoisotopic (exact) mass is 300 g/mol. The van der Waals surface area contributed by atoms with Crippen molar-refractivity contribution in [2.24, 2.45) is 7.05 Å². The standard InChI is InChI=1S/C15H20N6O/c1-11-8-13(14(22)18-12-9-16-20(2)10-12)19-15(17-11)21-6-4-3-5-7-21/h8-10H,3-7H2,1-2H3,(H,18,22). The SMILES string of the molecule is Cc1cc(C(=O)Nc2cnn(C)c2)nc(N2CCCCC2)n1. The summed E-state index contributed by atoms with van der Waals surface area (Å²) in [7, 11) is 1.80. The normalized spacial score (nSPS) is 14.9. The summed E-state index contributed by atoms with van der Waals surface area (Å²) in [6.07, 6.45) is 6.90. The number of carbonyl (C=O) groups is 1. The molecule has 3 heterocycles. The zero-order valence-electron chi connectivity index (χ0n) is 12.9. The van der Waals surface area contributed by atoms with Crippen molar-refractivity contribution < 1.29 is 4.79 Å². The summed E-state index contributed by atoms with van der Waals surface area (Å²) in [5.74, 6) is 0.410. The van der Waals surface area contributed by atoms with Gasteiger partial charge in [-0.1, -0.05) is 0 Å². The quantitative estimate of drug-likeness (QED) is 0.934. The summed E-state index contributed by atoms with van der Waals surface area (Å²) in [5, 5.41) is 6.84. The zero-order chi connectivity index (χ0) is 15.5. The van der Waals surface area contributed by atoms with Crippen LogP contribution in [0.4, 0.5) is 11.6 Å². The van der Waals surface area contributed by atoms with Crippen molar-refractivity contribution in [3.05, 3.63) is 29.8 Å². The fraction of sp³-hybridized carbons (Fsp3) is 0.467. The van der Waals surface area contributed by atoms with Gasteiger partial charge in [-0.2, -0.15) is 5.10 Å². The molecule has 0 aliphatic carbocycles. The largest absolute Gasteiger partial charge is 0.341 e. The van der Waals surface area contributed by atoms with Gasteiger partial charge in [-0.25, -0.2) is 9.97 Å². The van der Waals surface area contributed by atoms with E-state index in [2.05, 4.69) is 25.3 Å². The number of piperidine rings is 1. The number of amides is 1. The molecule has 1 N–H and O–H groups in total. The number of anilines is 2. The summed E-state index contributed by atoms with van der Waals surface area (Å²) >= 11 is 0. The van der Waals surface area contributed by atoms with Crippen molar-refractivity contribution in [2.75, 3.05) is 23.3 Å². The van der Waals surface area contributed by atoms with Crippen LogP contribution >= 0.6 is 0 Å². The summed E-state index contributed by atoms with van der Waals surface area (Å²) in [4.78, 5) is 23.4. The summed E-state index contributed by atoms with van der Waals surface area (Å²) in [6.45, 7) is 3.79. The first-order valence-corrected chi connectivity index (χ1v) is 7.52. The minimum atomic E-state index is -0.239. The van der Waals surface area contributed by atoms with Crippen LogP contribution in [0.1, 0.15) is 35.4 Å². The molecule has 0 aromatic carbocycles. The predicted molar refractivity (Wildman–Crippen MR) is 84.0 cm³/mol. The lowest BCUT2D eigenvalue weighted by Crippen LogP contribution is -2.31. The molecule has 1 aliphatic rings. The fourth-order valence-corrected chi connectivity index (χ4v) is 2.59. The van der Waals surface area contributed by atoms with Gasteiger partial charge in [-0.3, -0.25) is 9.48 Å². The molecule has 7 nitrogen and oxygen atoms in total. The molecule has 22 heavy (non-hydrogen) atoms. The second-order valence-corrected chi connectivity index (χ2v) is 5.60. The Morgan fingerprint density at radius 3 is 2.68 bits per heavy atom. The zero-order valence-corrected chi connectivity index (χ0v) is 12.9. The van der Waals surface area contributed by atoms with Crippen LogP contribution in [0.3, 0.4) is 0 Å². The Morgan fingerprint density at radius 1 is 1.23 bits per heavy atom. The highest BCUT2D eigenvalue weighted by atomic mass is 16.1. The second-order valence-electron chi connectivity index (χ2n) is 5.60. The van der Waals surface area contributed by atoms with Gasteiger partial charge in [-0.15, -0.1) is 0 Å². The minimum Gasteiger partial charge on any atom is -0.341 e. The summed E-state index contributed by atoms with van der Waals surface area (Å²) < 4.78 is 1.64. The van der Waals surface area contributed by atoms with Crippen LogP contribution in [0.5, 0.6) is 0 Å². The van der Waals surface area contributed by atoms with Gasteiger partial charge in [-0.05, 0) is 32.3 Å². The van der Waals surface area contributed by atoms with Crippen LogP contribution in [0, 0.1) is 6.92 Å². The molecule has 1 amide bonds. The van der Waals surface area contributed by atoms with E-state index >= 15 is 0 Å². The minimum absolute atomic E-state index is 0.239. The van der Waals surface area contributed by atoms with Gasteiger partial charge in [0, 0.05) is 32.0 Å². The molecule has 0 unspecified atom stereocenters. The smallest absolute Gasteiger partial charge is 0.274 e. The number of aromatic nitrogens is 4. The van der Waals surface area contributed by atoms with Crippen LogP contribution in [0.15, 0.2) is 18.5 Å². The van der Waals surface area contributed by atoms with Gasteiger partial charge >= 0.3 is 0 Å². The molecule has 2 aromatic heterocycles. The van der Waals surface area contributed by atoms with Gasteiger partial charge in [0.15, 0.2) is 0 Å². The summed E-state index contributed by atoms with van der Waals surface area (Å²) in [5.41, 5.74) is 1.84. The average molecular weight is 300 g/mol. The molecule has 2 aromatic rings. The second kappa shape index (κ2) is 6.13. The van der Waals surface area contributed by atoms with Crippen molar-refractivity contribution in [1.82, 2.24) is 19.7 Å². The van der Waals surface area contributed by atoms with Gasteiger partial charge in [0.2, 0.25) is 5.95 Å². The van der Waals surface area contributed by atoms with E-state index in [1.165, 1.54) is 6.42 Å². The molecule has 0 atom stereocenters. The molecule has 0 saturated carbocycles. The Labute approximate surface area is 129 Å². The number of nitrogens with zero attached hydrogens (tertiary/aromatic N) is 5. The van der Waals surface area contributed by atoms with Crippen molar-refractivity contribution >= 4 is 17.5 Å². The maximum absolute atomic E-state index is 12.4. The Balaban J connectivity index is 1.80. The third-order valence-electron chi connectivity index (χ3n) is 3.68. The Hall–Kier alpha value is -2.44. The first-order valence-electron chi connectivity index (χ1n) is 7.52. The van der Waals surface area contributed by atoms with E-state index in [-0.39, 0.29) is 5.91 Å². The molecule has 1 fully saturated rings. The first-order chi connectivity index (χ1) is 10.6. The average Bonchev–Trinajstić information content (AvgIpc) is 2.92. The Morgan fingerprint density at radius 2 is 2.00 bits per heavy atom. The van der Waals surface area contributed by atoms with Crippen LogP contribution in [0.2, 0.25) is 0 Å². The van der Waals surface area contributed by atoms with Crippen molar-refractivity contribution in [1.29, 1.82) is 0 Å². The van der Waals surface area contributed by atoms with Crippen molar-refractivity contribution in [2.45, 2.75) is 26.2 Å². The topological polar surface area (TPSA) is 75.9 Å². The van der Waals surface area contributed by atoms with Crippen molar-refractivity contribution in [3.63, 3.8) is 0 Å². The van der Waals surface area contributed by atoms with E-state index in [1.807, 2.05) is 6.92 Å². The van der Waals surface area contributed by atoms with E-state index in [9.17, 15) is 4.79 Å². The molecular formula is C15H20N6O. The van der Waals surface area contributed by atoms with Crippen LogP contribution in [0.25, 0.3) is 0 Å². The lowest BCUT2D eigenvalue weighted by atomic mass is 10.1. The lowest BCUT2D eigenvalue weighted by Gasteiger charge is -2.27. The molecule has 7 heteroatoms. The number of carbonyl (C=O) groups excluding carboxylic acids is 1. The molecule has 116 valence electrons. The highest BCUT2D eigenvalue weighted by molar-refractivity contribution is 6.02. The van der Waals surface area contributed by atoms with Gasteiger partial charge in [0.1, 0.15) is 5.69 Å². The number of aryl methyl sites for hydroxylation is 2. The molecule has 3 rings (SSSR count). The third-order valence-corrected chi connectivity index (χ3v) is 3.68. The van der Waals surface area contributed by atoms with Gasteiger partial charge in [0.05, 0.1) is 11.9 Å². The third kappa shape index (κ3) is 3.24. The van der Waals surface area contributed by atoms with E-state index < -0.39 is 0 Å². The molecule has 1 aliphatic heterocycles. The molecule has 1 saturated heterocycles. The number of hydrogen-bond donors (Lipinski definition) is 1. The molecular weight excluding hydrogens is 280 g/mol. The maximum Gasteiger partial charge on any atom is 0.274 e. The molecule has 0 spiro atoms. The molecule has 0 radical (unpaired) electrons. The van der Waals surface area contributed by atoms with E-state index in [1.54, 1.807) is 30.2 Å². The van der Waals surface area contributed by atoms with E-state index in [0.29, 0.717) is 17.3 Å². The number of hydrogen-bond acceptors (Lipinski definition) is 5. The maximum atomic E-state index is 12.4. The summed E-state index contributed by atoms with van der Waals surface area (Å²) in [6, 6.07) is 1.71. The molecule has 0 bridgehead atoms. The Kier molecular flexibility index (Phi) is 4.04. The fourth-order valence-electron chi connectivity index (χ4n) is 2.59. The van der Waals surface area contributed by atoms with Crippen LogP contribution < -0.4 is 10.2 Å².